The van der Waals surface area contributed by atoms with Crippen LogP contribution in [0.5, 0.6) is 0 Å². The lowest BCUT2D eigenvalue weighted by Crippen LogP contribution is -2.61. The Hall–Kier alpha value is -0.710. The van der Waals surface area contributed by atoms with Gasteiger partial charge in [-0.1, -0.05) is 53.4 Å². The minimum absolute atomic E-state index is 0.0209. The molecule has 1 heterocycles. The lowest BCUT2D eigenvalue weighted by Gasteiger charge is -2.60. The normalized spacial score (nSPS) is 37.9. The second kappa shape index (κ2) is 12.6. The quantitative estimate of drug-likeness (QED) is 0.204. The average Bonchev–Trinajstić information content (AvgIpc) is 3.20. The topological polar surface area (TPSA) is 55.4 Å². The molecule has 212 valence electrons. The third kappa shape index (κ3) is 6.55. The van der Waals surface area contributed by atoms with E-state index in [1.165, 1.54) is 63.5 Å². The Labute approximate surface area is 231 Å². The minimum Gasteiger partial charge on any atom is -0.462 e. The van der Waals surface area contributed by atoms with E-state index in [-0.39, 0.29) is 28.8 Å². The van der Waals surface area contributed by atoms with E-state index in [9.17, 15) is 9.59 Å². The van der Waals surface area contributed by atoms with Crippen molar-refractivity contribution in [3.05, 3.63) is 0 Å². The number of carbonyl (C=O) groups excluding carboxylic acids is 2. The summed E-state index contributed by atoms with van der Waals surface area (Å²) in [5, 5.41) is 4.09. The molecule has 0 spiro atoms. The van der Waals surface area contributed by atoms with Gasteiger partial charge >= 0.3 is 5.97 Å². The molecule has 0 aromatic carbocycles. The first kappa shape index (κ1) is 29.3. The maximum Gasteiger partial charge on any atom is 0.306 e. The molecule has 4 nitrogen and oxygen atoms in total. The Morgan fingerprint density at radius 1 is 0.919 bits per heavy atom. The van der Waals surface area contributed by atoms with E-state index in [0.29, 0.717) is 24.8 Å². The summed E-state index contributed by atoms with van der Waals surface area (Å²) in [6.45, 7) is 11.7. The zero-order valence-corrected chi connectivity index (χ0v) is 25.3. The third-order valence-corrected chi connectivity index (χ3v) is 12.5. The molecule has 1 N–H and O–H groups in total. The number of carbonyl (C=O) groups is 2. The van der Waals surface area contributed by atoms with E-state index in [1.54, 1.807) is 0 Å². The summed E-state index contributed by atoms with van der Waals surface area (Å²) in [6, 6.07) is 0.375. The van der Waals surface area contributed by atoms with Crippen LogP contribution in [-0.4, -0.2) is 35.0 Å². The third-order valence-electron chi connectivity index (χ3n) is 11.3. The Morgan fingerprint density at radius 3 is 2.38 bits per heavy atom. The number of amides is 1. The molecule has 1 saturated heterocycles. The highest BCUT2D eigenvalue weighted by Gasteiger charge is 2.61. The zero-order valence-electron chi connectivity index (χ0n) is 24.5. The molecule has 1 aliphatic heterocycles. The fourth-order valence-corrected chi connectivity index (χ4v) is 10.1. The second-order valence-corrected chi connectivity index (χ2v) is 15.5. The van der Waals surface area contributed by atoms with E-state index >= 15 is 0 Å². The van der Waals surface area contributed by atoms with E-state index in [2.05, 4.69) is 51.7 Å². The summed E-state index contributed by atoms with van der Waals surface area (Å²) >= 11 is 2.06. The molecule has 5 heteroatoms. The highest BCUT2D eigenvalue weighted by atomic mass is 32.2. The van der Waals surface area contributed by atoms with Crippen molar-refractivity contribution in [3.8, 4) is 0 Å². The number of hydrogen-bond donors (Lipinski definition) is 1. The van der Waals surface area contributed by atoms with Gasteiger partial charge in [-0.15, -0.1) is 0 Å². The number of thioether (sulfide) groups is 1. The van der Waals surface area contributed by atoms with Crippen molar-refractivity contribution in [2.24, 2.45) is 34.5 Å². The van der Waals surface area contributed by atoms with Gasteiger partial charge in [-0.25, -0.2) is 0 Å². The number of nitrogens with one attached hydrogen (secondary N) is 1. The van der Waals surface area contributed by atoms with E-state index in [1.807, 2.05) is 0 Å². The van der Waals surface area contributed by atoms with Crippen LogP contribution in [0.3, 0.4) is 0 Å². The van der Waals surface area contributed by atoms with Gasteiger partial charge in [0.25, 0.3) is 0 Å². The van der Waals surface area contributed by atoms with E-state index in [0.717, 1.165) is 48.7 Å². The lowest BCUT2D eigenvalue weighted by molar-refractivity contribution is -0.157. The number of ether oxygens (including phenoxy) is 1. The first-order valence-corrected chi connectivity index (χ1v) is 16.8. The Bertz CT molecular complexity index is 786. The number of piperidine rings is 1. The fourth-order valence-electron chi connectivity index (χ4n) is 9.26. The maximum absolute atomic E-state index is 12.7. The summed E-state index contributed by atoms with van der Waals surface area (Å²) in [4.78, 5) is 24.8. The Kier molecular flexibility index (Phi) is 10.0. The van der Waals surface area contributed by atoms with Gasteiger partial charge in [-0.3, -0.25) is 9.59 Å². The van der Waals surface area contributed by atoms with Gasteiger partial charge in [0, 0.05) is 24.8 Å². The van der Waals surface area contributed by atoms with Crippen LogP contribution in [0.1, 0.15) is 131 Å². The van der Waals surface area contributed by atoms with Crippen LogP contribution in [0.15, 0.2) is 0 Å². The van der Waals surface area contributed by atoms with Crippen LogP contribution in [0.4, 0.5) is 0 Å². The minimum atomic E-state index is 0.0209. The van der Waals surface area contributed by atoms with Gasteiger partial charge in [-0.2, -0.15) is 11.8 Å². The van der Waals surface area contributed by atoms with Crippen molar-refractivity contribution in [1.82, 2.24) is 5.32 Å². The van der Waals surface area contributed by atoms with Crippen molar-refractivity contribution in [2.45, 2.75) is 148 Å². The van der Waals surface area contributed by atoms with Crippen LogP contribution in [-0.2, 0) is 14.3 Å². The summed E-state index contributed by atoms with van der Waals surface area (Å²) in [7, 11) is 0. The van der Waals surface area contributed by atoms with Crippen molar-refractivity contribution in [3.63, 3.8) is 0 Å². The molecule has 0 bridgehead atoms. The van der Waals surface area contributed by atoms with Crippen molar-refractivity contribution >= 4 is 23.6 Å². The fraction of sp³-hybridized carbons (Fsp3) is 0.938. The maximum atomic E-state index is 12.7. The monoisotopic (exact) mass is 533 g/mol. The second-order valence-electron chi connectivity index (χ2n) is 13.8. The predicted molar refractivity (Wildman–Crippen MR) is 155 cm³/mol. The molecule has 8 atom stereocenters. The molecule has 0 radical (unpaired) electrons. The van der Waals surface area contributed by atoms with Gasteiger partial charge in [0.05, 0.1) is 0 Å². The van der Waals surface area contributed by atoms with Gasteiger partial charge in [0.1, 0.15) is 6.10 Å². The van der Waals surface area contributed by atoms with Crippen LogP contribution >= 0.6 is 11.8 Å². The molecular weight excluding hydrogens is 478 g/mol. The summed E-state index contributed by atoms with van der Waals surface area (Å²) < 4.78 is 6.09. The van der Waals surface area contributed by atoms with Gasteiger partial charge in [-0.05, 0) is 104 Å². The van der Waals surface area contributed by atoms with Gasteiger partial charge in [0.15, 0.2) is 0 Å². The molecule has 37 heavy (non-hydrogen) atoms. The summed E-state index contributed by atoms with van der Waals surface area (Å²) in [5.41, 5.74) is 0.553. The number of hydrogen-bond acceptors (Lipinski definition) is 4. The highest BCUT2D eigenvalue weighted by Crippen LogP contribution is 2.66. The summed E-state index contributed by atoms with van der Waals surface area (Å²) in [5.74, 6) is 4.29. The van der Waals surface area contributed by atoms with Gasteiger partial charge < -0.3 is 10.1 Å². The highest BCUT2D eigenvalue weighted by molar-refractivity contribution is 7.99. The van der Waals surface area contributed by atoms with Crippen molar-refractivity contribution in [1.29, 1.82) is 0 Å². The number of rotatable bonds is 12. The molecule has 0 aromatic rings. The van der Waals surface area contributed by atoms with E-state index in [4.69, 9.17) is 4.74 Å². The van der Waals surface area contributed by atoms with Crippen molar-refractivity contribution < 1.29 is 14.3 Å². The predicted octanol–water partition coefficient (Wildman–Crippen LogP) is 7.93. The average molecular weight is 534 g/mol. The molecule has 4 fully saturated rings. The molecule has 3 aliphatic carbocycles. The van der Waals surface area contributed by atoms with Crippen LogP contribution in [0.25, 0.3) is 0 Å². The van der Waals surface area contributed by atoms with Crippen molar-refractivity contribution in [2.75, 3.05) is 5.75 Å². The number of unbranched alkanes of at least 4 members (excludes halogenated alkanes) is 5. The molecule has 4 aliphatic rings. The molecular formula is C32H55NO3S. The molecule has 3 saturated carbocycles. The first-order chi connectivity index (χ1) is 17.6. The lowest BCUT2D eigenvalue weighted by atomic mass is 9.47. The molecule has 0 aromatic heterocycles. The zero-order chi connectivity index (χ0) is 26.6. The summed E-state index contributed by atoms with van der Waals surface area (Å²) in [6.07, 6.45) is 17.0. The standard InChI is InChI=1S/C32H55NO3S/c1-22(2)37-21-11-9-7-6-8-10-12-30(35)36-23(3)25-14-15-26-24-13-16-28-32(5,20-18-29(34)33-28)27(24)17-19-31(25,26)4/h22-28H,6-21H2,1-5H3,(H,33,34)/t23?,24-,25+,26-,27-,28+,31+,32+/m0/s1. The number of esters is 1. The smallest absolute Gasteiger partial charge is 0.306 e. The van der Waals surface area contributed by atoms with E-state index < -0.39 is 0 Å². The Morgan fingerprint density at radius 2 is 1.62 bits per heavy atom. The van der Waals surface area contributed by atoms with Gasteiger partial charge in [0.2, 0.25) is 5.91 Å². The van der Waals surface area contributed by atoms with Crippen LogP contribution in [0, 0.1) is 34.5 Å². The molecule has 1 amide bonds. The number of fused-ring (bicyclic) bond motifs is 5. The molecule has 1 unspecified atom stereocenters. The first-order valence-electron chi connectivity index (χ1n) is 15.8. The molecule has 4 rings (SSSR count). The SMILES string of the molecule is CC(C)SCCCCCCCCC(=O)OC(C)[C@H]1CC[C@H]2[C@@H]3CC[C@H]4NC(=O)CC[C@]4(C)[C@H]3CC[C@]12C. The largest absolute Gasteiger partial charge is 0.462 e. The Balaban J connectivity index is 1.21. The van der Waals surface area contributed by atoms with Crippen LogP contribution < -0.4 is 5.32 Å². The van der Waals surface area contributed by atoms with Crippen LogP contribution in [0.2, 0.25) is 0 Å².